The van der Waals surface area contributed by atoms with E-state index in [0.29, 0.717) is 18.2 Å². The predicted molar refractivity (Wildman–Crippen MR) is 74.9 cm³/mol. The van der Waals surface area contributed by atoms with Gasteiger partial charge in [-0.15, -0.1) is 12.4 Å². The van der Waals surface area contributed by atoms with Crippen LogP contribution in [0.2, 0.25) is 0 Å². The van der Waals surface area contributed by atoms with Crippen LogP contribution in [0.1, 0.15) is 23.2 Å². The molecule has 1 aliphatic rings. The average Bonchev–Trinajstić information content (AvgIpc) is 3.20. The van der Waals surface area contributed by atoms with Crippen LogP contribution >= 0.6 is 12.4 Å². The minimum Gasteiger partial charge on any atom is -0.507 e. The van der Waals surface area contributed by atoms with Crippen molar-refractivity contribution in [1.29, 1.82) is 0 Å². The zero-order valence-corrected chi connectivity index (χ0v) is 11.6. The minimum absolute atomic E-state index is 0. The fourth-order valence-corrected chi connectivity index (χ4v) is 1.94. The number of carbonyl (C=O) groups excluding carboxylic acids is 1. The Morgan fingerprint density at radius 3 is 2.79 bits per heavy atom. The van der Waals surface area contributed by atoms with Gasteiger partial charge in [0, 0.05) is 12.6 Å². The van der Waals surface area contributed by atoms with E-state index >= 15 is 0 Å². The maximum absolute atomic E-state index is 12.1. The Balaban J connectivity index is 0.00000180. The summed E-state index contributed by atoms with van der Waals surface area (Å²) < 4.78 is 5.04. The van der Waals surface area contributed by atoms with Crippen LogP contribution in [-0.4, -0.2) is 30.7 Å². The fourth-order valence-electron chi connectivity index (χ4n) is 1.94. The number of rotatable bonds is 5. The van der Waals surface area contributed by atoms with Crippen molar-refractivity contribution < 1.29 is 14.6 Å². The molecule has 0 saturated heterocycles. The first-order valence-electron chi connectivity index (χ1n) is 6.03. The van der Waals surface area contributed by atoms with Crippen LogP contribution < -0.4 is 15.8 Å². The quantitative estimate of drug-likeness (QED) is 0.761. The van der Waals surface area contributed by atoms with Gasteiger partial charge in [-0.25, -0.2) is 0 Å². The van der Waals surface area contributed by atoms with Gasteiger partial charge in [-0.3, -0.25) is 4.79 Å². The van der Waals surface area contributed by atoms with Crippen LogP contribution in [0.4, 0.5) is 0 Å². The lowest BCUT2D eigenvalue weighted by atomic mass is 10.1. The molecule has 0 aromatic heterocycles. The van der Waals surface area contributed by atoms with Crippen molar-refractivity contribution >= 4 is 18.3 Å². The molecule has 19 heavy (non-hydrogen) atoms. The third-order valence-corrected chi connectivity index (χ3v) is 3.21. The van der Waals surface area contributed by atoms with E-state index in [9.17, 15) is 9.90 Å². The first kappa shape index (κ1) is 15.6. The van der Waals surface area contributed by atoms with Crippen molar-refractivity contribution in [3.05, 3.63) is 23.8 Å². The highest BCUT2D eigenvalue weighted by molar-refractivity contribution is 5.97. The molecule has 1 aliphatic carbocycles. The summed E-state index contributed by atoms with van der Waals surface area (Å²) >= 11 is 0. The van der Waals surface area contributed by atoms with E-state index in [4.69, 9.17) is 10.5 Å². The number of hydrogen-bond donors (Lipinski definition) is 3. The lowest BCUT2D eigenvalue weighted by Gasteiger charge is -2.16. The maximum Gasteiger partial charge on any atom is 0.255 e. The van der Waals surface area contributed by atoms with Gasteiger partial charge in [-0.05, 0) is 37.0 Å². The SMILES string of the molecule is COc1ccc(O)c(C(=O)NC(CN)C2CC2)c1.Cl. The van der Waals surface area contributed by atoms with Crippen molar-refractivity contribution in [2.45, 2.75) is 18.9 Å². The summed E-state index contributed by atoms with van der Waals surface area (Å²) in [4.78, 5) is 12.1. The minimum atomic E-state index is -0.311. The smallest absolute Gasteiger partial charge is 0.255 e. The fraction of sp³-hybridized carbons (Fsp3) is 0.462. The number of benzene rings is 1. The van der Waals surface area contributed by atoms with E-state index in [2.05, 4.69) is 5.32 Å². The highest BCUT2D eigenvalue weighted by Gasteiger charge is 2.31. The summed E-state index contributed by atoms with van der Waals surface area (Å²) in [6, 6.07) is 4.56. The number of phenolic OH excluding ortho intramolecular Hbond substituents is 1. The number of methoxy groups -OCH3 is 1. The Morgan fingerprint density at radius 2 is 2.26 bits per heavy atom. The Morgan fingerprint density at radius 1 is 1.58 bits per heavy atom. The molecule has 106 valence electrons. The second-order valence-corrected chi connectivity index (χ2v) is 4.54. The molecule has 1 unspecified atom stereocenters. The van der Waals surface area contributed by atoms with Crippen LogP contribution in [0.3, 0.4) is 0 Å². The Labute approximate surface area is 118 Å². The summed E-state index contributed by atoms with van der Waals surface area (Å²) in [6.07, 6.45) is 2.21. The van der Waals surface area contributed by atoms with Gasteiger partial charge in [-0.2, -0.15) is 0 Å². The number of hydrogen-bond acceptors (Lipinski definition) is 4. The Kier molecular flexibility index (Phi) is 5.44. The average molecular weight is 287 g/mol. The molecule has 1 amide bonds. The van der Waals surface area contributed by atoms with Gasteiger partial charge >= 0.3 is 0 Å². The molecular weight excluding hydrogens is 268 g/mol. The summed E-state index contributed by atoms with van der Waals surface area (Å²) in [5, 5.41) is 12.6. The number of nitrogens with two attached hydrogens (primary N) is 1. The van der Waals surface area contributed by atoms with Crippen molar-refractivity contribution in [3.8, 4) is 11.5 Å². The zero-order valence-electron chi connectivity index (χ0n) is 10.8. The van der Waals surface area contributed by atoms with Crippen LogP contribution in [0.25, 0.3) is 0 Å². The van der Waals surface area contributed by atoms with Crippen LogP contribution in [0.5, 0.6) is 11.5 Å². The van der Waals surface area contributed by atoms with Gasteiger partial charge in [-0.1, -0.05) is 0 Å². The van der Waals surface area contributed by atoms with Crippen molar-refractivity contribution in [2.75, 3.05) is 13.7 Å². The largest absolute Gasteiger partial charge is 0.507 e. The lowest BCUT2D eigenvalue weighted by molar-refractivity contribution is 0.0930. The number of carbonyl (C=O) groups is 1. The van der Waals surface area contributed by atoms with Crippen LogP contribution in [0.15, 0.2) is 18.2 Å². The molecular formula is C13H19ClN2O3. The molecule has 1 saturated carbocycles. The van der Waals surface area contributed by atoms with Crippen LogP contribution in [-0.2, 0) is 0 Å². The standard InChI is InChI=1S/C13H18N2O3.ClH/c1-18-9-4-5-12(16)10(6-9)13(17)15-11(7-14)8-2-3-8;/h4-6,8,11,16H,2-3,7,14H2,1H3,(H,15,17);1H. The number of nitrogens with one attached hydrogen (secondary N) is 1. The number of ether oxygens (including phenoxy) is 1. The molecule has 0 spiro atoms. The van der Waals surface area contributed by atoms with Gasteiger partial charge in [0.05, 0.1) is 12.7 Å². The third-order valence-electron chi connectivity index (χ3n) is 3.21. The summed E-state index contributed by atoms with van der Waals surface area (Å²) in [6.45, 7) is 0.418. The Hall–Kier alpha value is -1.46. The lowest BCUT2D eigenvalue weighted by Crippen LogP contribution is -2.41. The zero-order chi connectivity index (χ0) is 13.1. The summed E-state index contributed by atoms with van der Waals surface area (Å²) in [5.41, 5.74) is 5.85. The van der Waals surface area contributed by atoms with Gasteiger partial charge in [0.15, 0.2) is 0 Å². The molecule has 2 rings (SSSR count). The highest BCUT2D eigenvalue weighted by Crippen LogP contribution is 2.32. The molecule has 1 aromatic rings. The van der Waals surface area contributed by atoms with Crippen molar-refractivity contribution in [3.63, 3.8) is 0 Å². The molecule has 1 fully saturated rings. The van der Waals surface area contributed by atoms with Gasteiger partial charge < -0.3 is 20.9 Å². The summed E-state index contributed by atoms with van der Waals surface area (Å²) in [7, 11) is 1.51. The molecule has 4 N–H and O–H groups in total. The number of amides is 1. The summed E-state index contributed by atoms with van der Waals surface area (Å²) in [5.74, 6) is 0.647. The monoisotopic (exact) mass is 286 g/mol. The van der Waals surface area contributed by atoms with Gasteiger partial charge in [0.1, 0.15) is 11.5 Å². The molecule has 6 heteroatoms. The number of halogens is 1. The molecule has 0 aliphatic heterocycles. The third kappa shape index (κ3) is 3.75. The second kappa shape index (κ2) is 6.63. The van der Waals surface area contributed by atoms with E-state index in [1.165, 1.54) is 19.2 Å². The van der Waals surface area contributed by atoms with Gasteiger partial charge in [0.25, 0.3) is 5.91 Å². The first-order valence-corrected chi connectivity index (χ1v) is 6.03. The van der Waals surface area contributed by atoms with Crippen molar-refractivity contribution in [2.24, 2.45) is 11.7 Å². The molecule has 5 nitrogen and oxygen atoms in total. The van der Waals surface area contributed by atoms with E-state index in [-0.39, 0.29) is 35.7 Å². The first-order chi connectivity index (χ1) is 8.65. The molecule has 1 aromatic carbocycles. The van der Waals surface area contributed by atoms with Gasteiger partial charge in [0.2, 0.25) is 0 Å². The molecule has 0 heterocycles. The second-order valence-electron chi connectivity index (χ2n) is 4.54. The number of aromatic hydroxyl groups is 1. The normalized spacial score (nSPS) is 15.3. The molecule has 0 radical (unpaired) electrons. The highest BCUT2D eigenvalue weighted by atomic mass is 35.5. The predicted octanol–water partition coefficient (Wildman–Crippen LogP) is 1.29. The Bertz CT molecular complexity index is 450. The van der Waals surface area contributed by atoms with Crippen LogP contribution in [0, 0.1) is 5.92 Å². The van der Waals surface area contributed by atoms with E-state index in [1.807, 2.05) is 0 Å². The topological polar surface area (TPSA) is 84.6 Å². The maximum atomic E-state index is 12.1. The van der Waals surface area contributed by atoms with Crippen molar-refractivity contribution in [1.82, 2.24) is 5.32 Å². The van der Waals surface area contributed by atoms with E-state index in [0.717, 1.165) is 12.8 Å². The molecule has 1 atom stereocenters. The molecule has 0 bridgehead atoms. The van der Waals surface area contributed by atoms with E-state index < -0.39 is 0 Å². The number of phenols is 1. The van der Waals surface area contributed by atoms with E-state index in [1.54, 1.807) is 6.07 Å².